The first-order valence-electron chi connectivity index (χ1n) is 8.44. The van der Waals surface area contributed by atoms with E-state index in [0.717, 1.165) is 24.6 Å². The van der Waals surface area contributed by atoms with Gasteiger partial charge in [0, 0.05) is 36.7 Å². The molecule has 0 aliphatic heterocycles. The van der Waals surface area contributed by atoms with Crippen LogP contribution in [0.3, 0.4) is 0 Å². The number of aromatic nitrogens is 3. The average Bonchev–Trinajstić information content (AvgIpc) is 3.18. The van der Waals surface area contributed by atoms with E-state index in [2.05, 4.69) is 34.1 Å². The maximum absolute atomic E-state index is 12.6. The monoisotopic (exact) mass is 369 g/mol. The zero-order valence-corrected chi connectivity index (χ0v) is 15.4. The molecule has 2 heterocycles. The molecule has 0 aliphatic rings. The van der Waals surface area contributed by atoms with Crippen molar-refractivity contribution in [1.82, 2.24) is 14.8 Å². The molecule has 134 valence electrons. The van der Waals surface area contributed by atoms with Crippen LogP contribution < -0.4 is 10.2 Å². The Kier molecular flexibility index (Phi) is 5.53. The van der Waals surface area contributed by atoms with Crippen molar-refractivity contribution >= 4 is 29.0 Å². The Morgan fingerprint density at radius 3 is 2.65 bits per heavy atom. The minimum Gasteiger partial charge on any atom is -0.357 e. The Morgan fingerprint density at radius 1 is 1.23 bits per heavy atom. The molecule has 0 atom stereocenters. The van der Waals surface area contributed by atoms with E-state index in [1.165, 1.54) is 0 Å². The molecule has 0 saturated carbocycles. The summed E-state index contributed by atoms with van der Waals surface area (Å²) in [5.41, 5.74) is 1.80. The zero-order chi connectivity index (χ0) is 18.5. The highest BCUT2D eigenvalue weighted by Crippen LogP contribution is 2.25. The van der Waals surface area contributed by atoms with Crippen molar-refractivity contribution in [3.05, 3.63) is 65.6 Å². The predicted molar refractivity (Wildman–Crippen MR) is 104 cm³/mol. The van der Waals surface area contributed by atoms with Gasteiger partial charge in [0.25, 0.3) is 5.91 Å². The predicted octanol–water partition coefficient (Wildman–Crippen LogP) is 4.02. The van der Waals surface area contributed by atoms with Gasteiger partial charge in [-0.3, -0.25) is 4.79 Å². The summed E-state index contributed by atoms with van der Waals surface area (Å²) in [6, 6.07) is 10.7. The van der Waals surface area contributed by atoms with Gasteiger partial charge in [0.15, 0.2) is 0 Å². The van der Waals surface area contributed by atoms with Gasteiger partial charge in [-0.15, -0.1) is 0 Å². The van der Waals surface area contributed by atoms with Crippen molar-refractivity contribution in [3.8, 4) is 5.69 Å². The molecule has 1 N–H and O–H groups in total. The standard InChI is InChI=1S/C19H20ClN5O/c1-3-24(4-2)18-9-6-14(13-21-18)19(26)23-16-12-15(20)7-8-17(16)25-11-5-10-22-25/h5-13H,3-4H2,1-2H3,(H,23,26). The van der Waals surface area contributed by atoms with E-state index >= 15 is 0 Å². The first-order valence-corrected chi connectivity index (χ1v) is 8.82. The summed E-state index contributed by atoms with van der Waals surface area (Å²) in [7, 11) is 0. The molecular formula is C19H20ClN5O. The fraction of sp³-hybridized carbons (Fsp3) is 0.211. The van der Waals surface area contributed by atoms with Crippen LogP contribution in [-0.4, -0.2) is 33.8 Å². The number of nitrogens with zero attached hydrogens (tertiary/aromatic N) is 4. The molecule has 0 saturated heterocycles. The first kappa shape index (κ1) is 17.9. The summed E-state index contributed by atoms with van der Waals surface area (Å²) in [6.07, 6.45) is 5.07. The number of rotatable bonds is 6. The maximum Gasteiger partial charge on any atom is 0.257 e. The van der Waals surface area contributed by atoms with Crippen LogP contribution in [0.2, 0.25) is 5.02 Å². The zero-order valence-electron chi connectivity index (χ0n) is 14.7. The second-order valence-electron chi connectivity index (χ2n) is 5.64. The van der Waals surface area contributed by atoms with Gasteiger partial charge in [-0.05, 0) is 50.2 Å². The number of carbonyl (C=O) groups excluding carboxylic acids is 1. The van der Waals surface area contributed by atoms with Crippen LogP contribution in [0, 0.1) is 0 Å². The van der Waals surface area contributed by atoms with Crippen molar-refractivity contribution in [2.24, 2.45) is 0 Å². The quantitative estimate of drug-likeness (QED) is 0.712. The lowest BCUT2D eigenvalue weighted by Gasteiger charge is -2.19. The van der Waals surface area contributed by atoms with Gasteiger partial charge in [-0.1, -0.05) is 11.6 Å². The van der Waals surface area contributed by atoms with Gasteiger partial charge in [0.1, 0.15) is 5.82 Å². The maximum atomic E-state index is 12.6. The largest absolute Gasteiger partial charge is 0.357 e. The highest BCUT2D eigenvalue weighted by Gasteiger charge is 2.13. The molecule has 0 fully saturated rings. The number of amides is 1. The molecule has 7 heteroatoms. The Bertz CT molecular complexity index is 873. The van der Waals surface area contributed by atoms with Crippen LogP contribution in [0.5, 0.6) is 0 Å². The number of nitrogens with one attached hydrogen (secondary N) is 1. The highest BCUT2D eigenvalue weighted by atomic mass is 35.5. The molecule has 1 amide bonds. The Labute approximate surface area is 157 Å². The van der Waals surface area contributed by atoms with Crippen molar-refractivity contribution in [2.75, 3.05) is 23.3 Å². The number of halogens is 1. The second-order valence-corrected chi connectivity index (χ2v) is 6.08. The topological polar surface area (TPSA) is 63.1 Å². The van der Waals surface area contributed by atoms with Crippen molar-refractivity contribution in [2.45, 2.75) is 13.8 Å². The van der Waals surface area contributed by atoms with E-state index in [1.807, 2.05) is 18.2 Å². The number of carbonyl (C=O) groups is 1. The smallest absolute Gasteiger partial charge is 0.257 e. The Morgan fingerprint density at radius 2 is 2.04 bits per heavy atom. The lowest BCUT2D eigenvalue weighted by atomic mass is 10.2. The molecule has 0 bridgehead atoms. The van der Waals surface area contributed by atoms with E-state index in [1.54, 1.807) is 41.5 Å². The summed E-state index contributed by atoms with van der Waals surface area (Å²) in [4.78, 5) is 19.1. The van der Waals surface area contributed by atoms with Crippen molar-refractivity contribution in [1.29, 1.82) is 0 Å². The molecule has 0 spiro atoms. The number of pyridine rings is 1. The van der Waals surface area contributed by atoms with Crippen LogP contribution in [-0.2, 0) is 0 Å². The fourth-order valence-electron chi connectivity index (χ4n) is 2.67. The van der Waals surface area contributed by atoms with E-state index in [4.69, 9.17) is 11.6 Å². The van der Waals surface area contributed by atoms with Crippen LogP contribution in [0.15, 0.2) is 55.0 Å². The SMILES string of the molecule is CCN(CC)c1ccc(C(=O)Nc2cc(Cl)ccc2-n2cccn2)cn1. The summed E-state index contributed by atoms with van der Waals surface area (Å²) in [5.74, 6) is 0.603. The Hall–Kier alpha value is -2.86. The summed E-state index contributed by atoms with van der Waals surface area (Å²) >= 11 is 6.10. The van der Waals surface area contributed by atoms with Crippen molar-refractivity contribution in [3.63, 3.8) is 0 Å². The number of hydrogen-bond donors (Lipinski definition) is 1. The molecule has 2 aromatic heterocycles. The lowest BCUT2D eigenvalue weighted by molar-refractivity contribution is 0.102. The fourth-order valence-corrected chi connectivity index (χ4v) is 2.84. The summed E-state index contributed by atoms with van der Waals surface area (Å²) < 4.78 is 1.67. The lowest BCUT2D eigenvalue weighted by Crippen LogP contribution is -2.23. The molecule has 3 rings (SSSR count). The van der Waals surface area contributed by atoms with E-state index < -0.39 is 0 Å². The third-order valence-corrected chi connectivity index (χ3v) is 4.29. The summed E-state index contributed by atoms with van der Waals surface area (Å²) in [6.45, 7) is 5.87. The second kappa shape index (κ2) is 8.01. The molecule has 0 radical (unpaired) electrons. The molecule has 0 unspecified atom stereocenters. The van der Waals surface area contributed by atoms with Crippen molar-refractivity contribution < 1.29 is 4.79 Å². The van der Waals surface area contributed by atoms with Crippen LogP contribution in [0.4, 0.5) is 11.5 Å². The molecule has 26 heavy (non-hydrogen) atoms. The van der Waals surface area contributed by atoms with Gasteiger partial charge >= 0.3 is 0 Å². The van der Waals surface area contributed by atoms with Gasteiger partial charge in [-0.2, -0.15) is 5.10 Å². The van der Waals surface area contributed by atoms with Gasteiger partial charge in [0.2, 0.25) is 0 Å². The van der Waals surface area contributed by atoms with Crippen LogP contribution in [0.25, 0.3) is 5.69 Å². The van der Waals surface area contributed by atoms with E-state index in [9.17, 15) is 4.79 Å². The molecule has 1 aromatic carbocycles. The number of hydrogen-bond acceptors (Lipinski definition) is 4. The van der Waals surface area contributed by atoms with E-state index in [0.29, 0.717) is 16.3 Å². The number of anilines is 2. The third kappa shape index (κ3) is 3.86. The third-order valence-electron chi connectivity index (χ3n) is 4.06. The minimum atomic E-state index is -0.251. The Balaban J connectivity index is 1.83. The van der Waals surface area contributed by atoms with Gasteiger partial charge in [-0.25, -0.2) is 9.67 Å². The first-order chi connectivity index (χ1) is 12.6. The number of benzene rings is 1. The highest BCUT2D eigenvalue weighted by molar-refractivity contribution is 6.31. The average molecular weight is 370 g/mol. The molecule has 0 aliphatic carbocycles. The van der Waals surface area contributed by atoms with E-state index in [-0.39, 0.29) is 5.91 Å². The molecule has 6 nitrogen and oxygen atoms in total. The molecular weight excluding hydrogens is 350 g/mol. The molecule has 3 aromatic rings. The van der Waals surface area contributed by atoms with Gasteiger partial charge in [0.05, 0.1) is 16.9 Å². The van der Waals surface area contributed by atoms with Crippen LogP contribution >= 0.6 is 11.6 Å². The normalized spacial score (nSPS) is 10.6. The minimum absolute atomic E-state index is 0.251. The van der Waals surface area contributed by atoms with Crippen LogP contribution in [0.1, 0.15) is 24.2 Å². The summed E-state index contributed by atoms with van der Waals surface area (Å²) in [5, 5.41) is 7.64. The van der Waals surface area contributed by atoms with Gasteiger partial charge < -0.3 is 10.2 Å².